The molecule has 0 radical (unpaired) electrons. The normalized spacial score (nSPS) is 21.0. The molecule has 1 fully saturated rings. The van der Waals surface area contributed by atoms with E-state index in [0.717, 1.165) is 13.0 Å². The first-order valence-electron chi connectivity index (χ1n) is 7.10. The Bertz CT molecular complexity index is 553. The Hall–Kier alpha value is -1.41. The largest absolute Gasteiger partial charge is 0.377 e. The Balaban J connectivity index is 2.14. The molecule has 1 aromatic heterocycles. The lowest BCUT2D eigenvalue weighted by Gasteiger charge is -2.23. The van der Waals surface area contributed by atoms with Gasteiger partial charge in [-0.25, -0.2) is 18.4 Å². The fourth-order valence-electron chi connectivity index (χ4n) is 2.38. The second-order valence-corrected chi connectivity index (χ2v) is 7.34. The van der Waals surface area contributed by atoms with Crippen molar-refractivity contribution < 1.29 is 13.2 Å². The van der Waals surface area contributed by atoms with E-state index >= 15 is 0 Å². The zero-order chi connectivity index (χ0) is 15.3. The van der Waals surface area contributed by atoms with E-state index in [-0.39, 0.29) is 17.5 Å². The summed E-state index contributed by atoms with van der Waals surface area (Å²) in [5.41, 5.74) is 0. The monoisotopic (exact) mass is 314 g/mol. The standard InChI is InChI=1S/C13H22N4O3S/c1-3-14-11-7-12(17-13(16-11)8-20-2)15-10-5-4-6-21(18,19)9-10/h7,10H,3-6,8-9H2,1-2H3,(H2,14,15,16,17). The summed E-state index contributed by atoms with van der Waals surface area (Å²) in [6, 6.07) is 1.70. The molecule has 0 bridgehead atoms. The van der Waals surface area contributed by atoms with Gasteiger partial charge in [0.05, 0.1) is 11.5 Å². The average molecular weight is 314 g/mol. The van der Waals surface area contributed by atoms with Crippen LogP contribution in [0.1, 0.15) is 25.6 Å². The SMILES string of the molecule is CCNc1cc(NC2CCCS(=O)(=O)C2)nc(COC)n1. The van der Waals surface area contributed by atoms with Crippen molar-refractivity contribution in [3.05, 3.63) is 11.9 Å². The number of nitrogens with zero attached hydrogens (tertiary/aromatic N) is 2. The van der Waals surface area contributed by atoms with Crippen LogP contribution in [0, 0.1) is 0 Å². The Morgan fingerprint density at radius 2 is 2.14 bits per heavy atom. The van der Waals surface area contributed by atoms with Crippen molar-refractivity contribution in [2.24, 2.45) is 0 Å². The number of methoxy groups -OCH3 is 1. The topological polar surface area (TPSA) is 93.2 Å². The summed E-state index contributed by atoms with van der Waals surface area (Å²) in [4.78, 5) is 8.69. The lowest BCUT2D eigenvalue weighted by atomic mass is 10.2. The summed E-state index contributed by atoms with van der Waals surface area (Å²) in [5.74, 6) is 2.35. The van der Waals surface area contributed by atoms with Crippen molar-refractivity contribution >= 4 is 21.5 Å². The highest BCUT2D eigenvalue weighted by Gasteiger charge is 2.25. The fraction of sp³-hybridized carbons (Fsp3) is 0.692. The van der Waals surface area contributed by atoms with Gasteiger partial charge in [-0.1, -0.05) is 0 Å². The van der Waals surface area contributed by atoms with Crippen LogP contribution in [0.2, 0.25) is 0 Å². The summed E-state index contributed by atoms with van der Waals surface area (Å²) >= 11 is 0. The van der Waals surface area contributed by atoms with E-state index < -0.39 is 9.84 Å². The summed E-state index contributed by atoms with van der Waals surface area (Å²) in [6.07, 6.45) is 1.52. The van der Waals surface area contributed by atoms with E-state index in [1.54, 1.807) is 13.2 Å². The molecular weight excluding hydrogens is 292 g/mol. The van der Waals surface area contributed by atoms with Crippen molar-refractivity contribution in [1.82, 2.24) is 9.97 Å². The first-order chi connectivity index (χ1) is 10.0. The molecule has 0 amide bonds. The Kier molecular flexibility index (Phi) is 5.35. The second-order valence-electron chi connectivity index (χ2n) is 5.12. The van der Waals surface area contributed by atoms with E-state index in [1.165, 1.54) is 0 Å². The number of sulfone groups is 1. The Morgan fingerprint density at radius 1 is 1.38 bits per heavy atom. The summed E-state index contributed by atoms with van der Waals surface area (Å²) in [6.45, 7) is 3.05. The number of nitrogens with one attached hydrogen (secondary N) is 2. The van der Waals surface area contributed by atoms with E-state index in [9.17, 15) is 8.42 Å². The molecule has 1 saturated heterocycles. The van der Waals surface area contributed by atoms with Crippen LogP contribution in [0.5, 0.6) is 0 Å². The van der Waals surface area contributed by atoms with Gasteiger partial charge in [0.1, 0.15) is 18.2 Å². The smallest absolute Gasteiger partial charge is 0.158 e. The molecule has 0 saturated carbocycles. The molecule has 2 heterocycles. The van der Waals surface area contributed by atoms with Gasteiger partial charge < -0.3 is 15.4 Å². The number of aromatic nitrogens is 2. The number of rotatable bonds is 6. The van der Waals surface area contributed by atoms with Crippen LogP contribution < -0.4 is 10.6 Å². The van der Waals surface area contributed by atoms with Crippen molar-refractivity contribution in [2.75, 3.05) is 35.8 Å². The highest BCUT2D eigenvalue weighted by atomic mass is 32.2. The van der Waals surface area contributed by atoms with Gasteiger partial charge in [-0.2, -0.15) is 0 Å². The van der Waals surface area contributed by atoms with Crippen LogP contribution >= 0.6 is 0 Å². The molecule has 1 aliphatic rings. The average Bonchev–Trinajstić information content (AvgIpc) is 2.38. The van der Waals surface area contributed by atoms with Crippen LogP contribution in [0.3, 0.4) is 0 Å². The van der Waals surface area contributed by atoms with E-state index in [0.29, 0.717) is 30.5 Å². The van der Waals surface area contributed by atoms with Crippen molar-refractivity contribution in [3.8, 4) is 0 Å². The second kappa shape index (κ2) is 7.04. The first kappa shape index (κ1) is 16.0. The Morgan fingerprint density at radius 3 is 2.81 bits per heavy atom. The van der Waals surface area contributed by atoms with Gasteiger partial charge in [-0.05, 0) is 19.8 Å². The minimum Gasteiger partial charge on any atom is -0.377 e. The minimum absolute atomic E-state index is 0.0940. The maximum atomic E-state index is 11.7. The van der Waals surface area contributed by atoms with Crippen LogP contribution in [-0.4, -0.2) is 49.6 Å². The van der Waals surface area contributed by atoms with Crippen LogP contribution in [0.15, 0.2) is 6.07 Å². The molecule has 2 rings (SSSR count). The molecular formula is C13H22N4O3S. The molecule has 1 atom stereocenters. The predicted molar refractivity (Wildman–Crippen MR) is 82.2 cm³/mol. The molecule has 1 unspecified atom stereocenters. The van der Waals surface area contributed by atoms with Crippen LogP contribution in [-0.2, 0) is 21.2 Å². The molecule has 0 spiro atoms. The summed E-state index contributed by atoms with van der Waals surface area (Å²) < 4.78 is 28.4. The van der Waals surface area contributed by atoms with Gasteiger partial charge in [-0.3, -0.25) is 0 Å². The molecule has 2 N–H and O–H groups in total. The zero-order valence-electron chi connectivity index (χ0n) is 12.4. The number of anilines is 2. The third kappa shape index (κ3) is 4.82. The quantitative estimate of drug-likeness (QED) is 0.810. The fourth-order valence-corrected chi connectivity index (χ4v) is 4.02. The highest BCUT2D eigenvalue weighted by Crippen LogP contribution is 2.18. The Labute approximate surface area is 125 Å². The van der Waals surface area contributed by atoms with Crippen molar-refractivity contribution in [2.45, 2.75) is 32.4 Å². The molecule has 1 aliphatic heterocycles. The van der Waals surface area contributed by atoms with Crippen molar-refractivity contribution in [1.29, 1.82) is 0 Å². The molecule has 8 heteroatoms. The third-order valence-corrected chi connectivity index (χ3v) is 5.04. The lowest BCUT2D eigenvalue weighted by molar-refractivity contribution is 0.178. The van der Waals surface area contributed by atoms with Crippen LogP contribution in [0.4, 0.5) is 11.6 Å². The van der Waals surface area contributed by atoms with Gasteiger partial charge in [-0.15, -0.1) is 0 Å². The van der Waals surface area contributed by atoms with E-state index in [1.807, 2.05) is 6.92 Å². The predicted octanol–water partition coefficient (Wildman–Crippen LogP) is 1.04. The molecule has 0 aromatic carbocycles. The molecule has 1 aromatic rings. The third-order valence-electron chi connectivity index (χ3n) is 3.22. The maximum Gasteiger partial charge on any atom is 0.158 e. The molecule has 118 valence electrons. The van der Waals surface area contributed by atoms with Gasteiger partial charge in [0.25, 0.3) is 0 Å². The first-order valence-corrected chi connectivity index (χ1v) is 8.92. The van der Waals surface area contributed by atoms with Gasteiger partial charge in [0.15, 0.2) is 15.7 Å². The summed E-state index contributed by atoms with van der Waals surface area (Å²) in [5, 5.41) is 6.34. The van der Waals surface area contributed by atoms with Gasteiger partial charge in [0, 0.05) is 25.8 Å². The highest BCUT2D eigenvalue weighted by molar-refractivity contribution is 7.91. The maximum absolute atomic E-state index is 11.7. The van der Waals surface area contributed by atoms with Gasteiger partial charge >= 0.3 is 0 Å². The molecule has 0 aliphatic carbocycles. The molecule has 7 nitrogen and oxygen atoms in total. The minimum atomic E-state index is -2.94. The number of hydrogen-bond donors (Lipinski definition) is 2. The zero-order valence-corrected chi connectivity index (χ0v) is 13.2. The van der Waals surface area contributed by atoms with E-state index in [4.69, 9.17) is 4.74 Å². The number of ether oxygens (including phenoxy) is 1. The van der Waals surface area contributed by atoms with E-state index in [2.05, 4.69) is 20.6 Å². The van der Waals surface area contributed by atoms with Crippen LogP contribution in [0.25, 0.3) is 0 Å². The van der Waals surface area contributed by atoms with Gasteiger partial charge in [0.2, 0.25) is 0 Å². The van der Waals surface area contributed by atoms with Crippen molar-refractivity contribution in [3.63, 3.8) is 0 Å². The lowest BCUT2D eigenvalue weighted by Crippen LogP contribution is -2.35. The summed E-state index contributed by atoms with van der Waals surface area (Å²) in [7, 11) is -1.35. The molecule has 21 heavy (non-hydrogen) atoms. The number of hydrogen-bond acceptors (Lipinski definition) is 7.